The fraction of sp³-hybridized carbons (Fsp3) is 0.0625. The van der Waals surface area contributed by atoms with Gasteiger partial charge in [-0.15, -0.1) is 0 Å². The number of H-pyrrole nitrogens is 1. The molecule has 0 aliphatic heterocycles. The molecule has 0 unspecified atom stereocenters. The van der Waals surface area contributed by atoms with Gasteiger partial charge in [0.2, 0.25) is 0 Å². The number of halogens is 1. The summed E-state index contributed by atoms with van der Waals surface area (Å²) in [5.74, 6) is 0. The van der Waals surface area contributed by atoms with Crippen LogP contribution in [0.4, 0.5) is 0 Å². The summed E-state index contributed by atoms with van der Waals surface area (Å²) in [6, 6.07) is 16.0. The number of aromatic nitrogens is 2. The van der Waals surface area contributed by atoms with Gasteiger partial charge in [0.15, 0.2) is 4.77 Å². The van der Waals surface area contributed by atoms with Crippen LogP contribution in [0.1, 0.15) is 5.56 Å². The molecular formula is C16H13ClN2S. The Bertz CT molecular complexity index is 800. The lowest BCUT2D eigenvalue weighted by Crippen LogP contribution is -1.96. The second kappa shape index (κ2) is 5.27. The molecule has 2 aromatic carbocycles. The van der Waals surface area contributed by atoms with E-state index in [1.807, 2.05) is 35.0 Å². The van der Waals surface area contributed by atoms with Gasteiger partial charge in [-0.25, -0.2) is 0 Å². The fourth-order valence-corrected chi connectivity index (χ4v) is 2.62. The van der Waals surface area contributed by atoms with Crippen molar-refractivity contribution in [2.24, 2.45) is 0 Å². The van der Waals surface area contributed by atoms with E-state index < -0.39 is 0 Å². The molecule has 0 spiro atoms. The Kier molecular flexibility index (Phi) is 3.47. The van der Waals surface area contributed by atoms with Crippen LogP contribution < -0.4 is 0 Å². The molecule has 1 aromatic heterocycles. The minimum absolute atomic E-state index is 0.655. The third-order valence-electron chi connectivity index (χ3n) is 3.19. The zero-order chi connectivity index (χ0) is 14.1. The number of benzene rings is 2. The van der Waals surface area contributed by atoms with E-state index in [0.717, 1.165) is 16.9 Å². The third kappa shape index (κ3) is 2.42. The molecular weight excluding hydrogens is 288 g/mol. The molecule has 2 nitrogen and oxygen atoms in total. The normalized spacial score (nSPS) is 10.7. The maximum Gasteiger partial charge on any atom is 0.182 e. The lowest BCUT2D eigenvalue weighted by atomic mass is 10.1. The minimum atomic E-state index is 0.655. The number of hydrogen-bond acceptors (Lipinski definition) is 1. The summed E-state index contributed by atoms with van der Waals surface area (Å²) in [7, 11) is 0. The Morgan fingerprint density at radius 3 is 2.55 bits per heavy atom. The van der Waals surface area contributed by atoms with Gasteiger partial charge in [0.1, 0.15) is 0 Å². The summed E-state index contributed by atoms with van der Waals surface area (Å²) in [5.41, 5.74) is 4.33. The van der Waals surface area contributed by atoms with Gasteiger partial charge in [0.05, 0.1) is 5.69 Å². The highest BCUT2D eigenvalue weighted by atomic mass is 35.5. The van der Waals surface area contributed by atoms with E-state index in [1.165, 1.54) is 5.56 Å². The lowest BCUT2D eigenvalue weighted by molar-refractivity contribution is 1.04. The number of aromatic amines is 1. The topological polar surface area (TPSA) is 20.7 Å². The van der Waals surface area contributed by atoms with Crippen LogP contribution in [-0.4, -0.2) is 9.55 Å². The van der Waals surface area contributed by atoms with Crippen molar-refractivity contribution in [2.45, 2.75) is 6.92 Å². The van der Waals surface area contributed by atoms with Gasteiger partial charge in [0.25, 0.3) is 0 Å². The fourth-order valence-electron chi connectivity index (χ4n) is 2.18. The molecule has 4 heteroatoms. The van der Waals surface area contributed by atoms with Crippen molar-refractivity contribution in [2.75, 3.05) is 0 Å². The molecule has 1 N–H and O–H groups in total. The predicted molar refractivity (Wildman–Crippen MR) is 86.1 cm³/mol. The van der Waals surface area contributed by atoms with Gasteiger partial charge in [-0.1, -0.05) is 47.5 Å². The maximum absolute atomic E-state index is 6.08. The summed E-state index contributed by atoms with van der Waals surface area (Å²) < 4.78 is 2.65. The summed E-state index contributed by atoms with van der Waals surface area (Å²) in [6.07, 6.45) is 1.92. The third-order valence-corrected chi connectivity index (χ3v) is 3.73. The first-order valence-corrected chi connectivity index (χ1v) is 7.07. The van der Waals surface area contributed by atoms with Crippen LogP contribution in [0.2, 0.25) is 5.02 Å². The van der Waals surface area contributed by atoms with Crippen LogP contribution in [0.15, 0.2) is 54.7 Å². The lowest BCUT2D eigenvalue weighted by Gasteiger charge is -2.09. The summed E-state index contributed by atoms with van der Waals surface area (Å²) in [4.78, 5) is 3.10. The van der Waals surface area contributed by atoms with Crippen LogP contribution in [0, 0.1) is 11.7 Å². The molecule has 0 aliphatic carbocycles. The van der Waals surface area contributed by atoms with E-state index in [-0.39, 0.29) is 0 Å². The largest absolute Gasteiger partial charge is 0.336 e. The molecule has 0 saturated heterocycles. The number of imidazole rings is 1. The number of nitrogens with zero attached hydrogens (tertiary/aromatic N) is 1. The second-order valence-corrected chi connectivity index (χ2v) is 5.48. The minimum Gasteiger partial charge on any atom is -0.336 e. The molecule has 1 heterocycles. The molecule has 3 aromatic rings. The van der Waals surface area contributed by atoms with Crippen molar-refractivity contribution in [1.82, 2.24) is 9.55 Å². The smallest absolute Gasteiger partial charge is 0.182 e. The van der Waals surface area contributed by atoms with Gasteiger partial charge in [-0.3, -0.25) is 4.57 Å². The molecule has 0 saturated carbocycles. The number of nitrogens with one attached hydrogen (secondary N) is 1. The van der Waals surface area contributed by atoms with Gasteiger partial charge in [-0.05, 0) is 37.3 Å². The van der Waals surface area contributed by atoms with E-state index in [0.29, 0.717) is 9.79 Å². The molecule has 0 fully saturated rings. The summed E-state index contributed by atoms with van der Waals surface area (Å²) in [6.45, 7) is 2.07. The van der Waals surface area contributed by atoms with E-state index in [9.17, 15) is 0 Å². The first-order valence-electron chi connectivity index (χ1n) is 6.28. The number of hydrogen-bond donors (Lipinski definition) is 1. The van der Waals surface area contributed by atoms with Crippen LogP contribution in [0.25, 0.3) is 16.9 Å². The number of aryl methyl sites for hydroxylation is 1. The molecule has 0 atom stereocenters. The second-order valence-electron chi connectivity index (χ2n) is 4.66. The molecule has 0 aliphatic rings. The highest BCUT2D eigenvalue weighted by Crippen LogP contribution is 2.25. The molecule has 0 amide bonds. The predicted octanol–water partition coefficient (Wildman–Crippen LogP) is 5.16. The molecule has 0 bridgehead atoms. The monoisotopic (exact) mass is 300 g/mol. The van der Waals surface area contributed by atoms with E-state index in [2.05, 4.69) is 36.2 Å². The Hall–Kier alpha value is -1.84. The average Bonchev–Trinajstić information content (AvgIpc) is 2.81. The van der Waals surface area contributed by atoms with Gasteiger partial charge in [-0.2, -0.15) is 0 Å². The van der Waals surface area contributed by atoms with Crippen LogP contribution in [0.3, 0.4) is 0 Å². The van der Waals surface area contributed by atoms with Crippen molar-refractivity contribution in [3.8, 4) is 16.9 Å². The average molecular weight is 301 g/mol. The zero-order valence-electron chi connectivity index (χ0n) is 10.9. The molecule has 0 radical (unpaired) electrons. The van der Waals surface area contributed by atoms with Crippen LogP contribution in [0.5, 0.6) is 0 Å². The first kappa shape index (κ1) is 13.2. The Morgan fingerprint density at radius 2 is 1.85 bits per heavy atom. The first-order chi connectivity index (χ1) is 9.65. The highest BCUT2D eigenvalue weighted by Gasteiger charge is 2.08. The standard InChI is InChI=1S/C16H13ClN2S/c1-11-5-7-12(8-6-11)15-10-18-16(20)19(15)14-4-2-3-13(17)9-14/h2-10H,1H3,(H,18,20). The van der Waals surface area contributed by atoms with Gasteiger partial charge in [0, 0.05) is 22.5 Å². The van der Waals surface area contributed by atoms with Gasteiger partial charge >= 0.3 is 0 Å². The SMILES string of the molecule is Cc1ccc(-c2c[nH]c(=S)n2-c2cccc(Cl)c2)cc1. The molecule has 3 rings (SSSR count). The Morgan fingerprint density at radius 1 is 1.10 bits per heavy atom. The number of rotatable bonds is 2. The van der Waals surface area contributed by atoms with Crippen molar-refractivity contribution in [3.63, 3.8) is 0 Å². The summed E-state index contributed by atoms with van der Waals surface area (Å²) in [5, 5.41) is 0.695. The van der Waals surface area contributed by atoms with E-state index >= 15 is 0 Å². The van der Waals surface area contributed by atoms with Gasteiger partial charge < -0.3 is 4.98 Å². The Labute approximate surface area is 127 Å². The van der Waals surface area contributed by atoms with E-state index in [4.69, 9.17) is 23.8 Å². The summed E-state index contributed by atoms with van der Waals surface area (Å²) >= 11 is 11.5. The van der Waals surface area contributed by atoms with Crippen molar-refractivity contribution in [3.05, 3.63) is 70.1 Å². The van der Waals surface area contributed by atoms with Crippen molar-refractivity contribution >= 4 is 23.8 Å². The maximum atomic E-state index is 6.08. The highest BCUT2D eigenvalue weighted by molar-refractivity contribution is 7.71. The zero-order valence-corrected chi connectivity index (χ0v) is 12.5. The molecule has 20 heavy (non-hydrogen) atoms. The van der Waals surface area contributed by atoms with Crippen molar-refractivity contribution < 1.29 is 0 Å². The van der Waals surface area contributed by atoms with E-state index in [1.54, 1.807) is 0 Å². The molecule has 100 valence electrons. The van der Waals surface area contributed by atoms with Crippen LogP contribution in [-0.2, 0) is 0 Å². The Balaban J connectivity index is 2.20. The van der Waals surface area contributed by atoms with Crippen LogP contribution >= 0.6 is 23.8 Å². The quantitative estimate of drug-likeness (QED) is 0.648. The van der Waals surface area contributed by atoms with Crippen molar-refractivity contribution in [1.29, 1.82) is 0 Å².